The molecular formula is C14H30O7Si2. The Morgan fingerprint density at radius 2 is 1.48 bits per heavy atom. The molecule has 0 bridgehead atoms. The van der Waals surface area contributed by atoms with Gasteiger partial charge in [0.25, 0.3) is 0 Å². The van der Waals surface area contributed by atoms with Crippen molar-refractivity contribution in [2.75, 3.05) is 6.61 Å². The highest BCUT2D eigenvalue weighted by molar-refractivity contribution is 6.31. The number of carbonyl (C=O) groups is 2. The summed E-state index contributed by atoms with van der Waals surface area (Å²) in [7, 11) is -1.97. The predicted octanol–water partition coefficient (Wildman–Crippen LogP) is -0.237. The first-order valence-corrected chi connectivity index (χ1v) is 10.2. The van der Waals surface area contributed by atoms with E-state index >= 15 is 0 Å². The lowest BCUT2D eigenvalue weighted by atomic mass is 10.1. The molecule has 0 fully saturated rings. The van der Waals surface area contributed by atoms with Crippen LogP contribution in [-0.4, -0.2) is 60.3 Å². The monoisotopic (exact) mass is 366 g/mol. The van der Waals surface area contributed by atoms with Crippen LogP contribution in [0.5, 0.6) is 0 Å². The van der Waals surface area contributed by atoms with Crippen molar-refractivity contribution in [3.8, 4) is 0 Å². The van der Waals surface area contributed by atoms with Crippen LogP contribution in [0.2, 0.25) is 10.1 Å². The zero-order valence-electron chi connectivity index (χ0n) is 14.9. The van der Waals surface area contributed by atoms with E-state index in [0.717, 1.165) is 0 Å². The molecule has 2 N–H and O–H groups in total. The zero-order chi connectivity index (χ0) is 18.3. The number of carbonyl (C=O) groups excluding carboxylic acids is 2. The van der Waals surface area contributed by atoms with Gasteiger partial charge in [-0.1, -0.05) is 41.5 Å². The van der Waals surface area contributed by atoms with E-state index in [1.54, 1.807) is 0 Å². The normalized spacial score (nSPS) is 16.2. The van der Waals surface area contributed by atoms with Crippen molar-refractivity contribution >= 4 is 31.3 Å². The summed E-state index contributed by atoms with van der Waals surface area (Å²) in [6.45, 7) is 11.8. The van der Waals surface area contributed by atoms with Crippen molar-refractivity contribution in [3.05, 3.63) is 0 Å². The van der Waals surface area contributed by atoms with Gasteiger partial charge in [0.1, 0.15) is 6.10 Å². The van der Waals surface area contributed by atoms with E-state index in [1.165, 1.54) is 0 Å². The van der Waals surface area contributed by atoms with Crippen molar-refractivity contribution in [2.24, 2.45) is 0 Å². The lowest BCUT2D eigenvalue weighted by Gasteiger charge is -2.19. The molecule has 23 heavy (non-hydrogen) atoms. The topological polar surface area (TPSA) is 102 Å². The van der Waals surface area contributed by atoms with Crippen molar-refractivity contribution < 1.29 is 33.7 Å². The molecule has 2 unspecified atom stereocenters. The number of Topliss-reactive ketones (excluding diaryl/α,β-unsaturated/α-hetero) is 1. The molecule has 0 saturated heterocycles. The third-order valence-electron chi connectivity index (χ3n) is 2.48. The number of ketones is 1. The second kappa shape index (κ2) is 9.65. The Labute approximate surface area is 142 Å². The quantitative estimate of drug-likeness (QED) is 0.330. The van der Waals surface area contributed by atoms with Gasteiger partial charge >= 0.3 is 5.97 Å². The molecule has 0 rings (SSSR count). The van der Waals surface area contributed by atoms with E-state index in [4.69, 9.17) is 9.00 Å². The van der Waals surface area contributed by atoms with E-state index in [1.807, 2.05) is 41.5 Å². The highest BCUT2D eigenvalue weighted by Gasteiger charge is 2.26. The molecule has 0 aromatic heterocycles. The van der Waals surface area contributed by atoms with Crippen LogP contribution in [-0.2, 0) is 23.5 Å². The molecule has 0 heterocycles. The van der Waals surface area contributed by atoms with E-state index in [0.29, 0.717) is 0 Å². The average Bonchev–Trinajstić information content (AvgIpc) is 2.35. The highest BCUT2D eigenvalue weighted by Crippen LogP contribution is 2.20. The summed E-state index contributed by atoms with van der Waals surface area (Å²) in [5, 5.41) is 19.3. The van der Waals surface area contributed by atoms with Crippen LogP contribution < -0.4 is 0 Å². The Hall–Kier alpha value is -0.586. The predicted molar refractivity (Wildman–Crippen MR) is 91.3 cm³/mol. The van der Waals surface area contributed by atoms with Gasteiger partial charge in [-0.25, -0.2) is 9.37 Å². The molecule has 136 valence electrons. The largest absolute Gasteiger partial charge is 0.420 e. The number of hydrogen-bond donors (Lipinski definition) is 2. The van der Waals surface area contributed by atoms with E-state index < -0.39 is 49.9 Å². The molecule has 0 aliphatic carbocycles. The maximum Gasteiger partial charge on any atom is 0.369 e. The Morgan fingerprint density at radius 3 is 1.96 bits per heavy atom. The van der Waals surface area contributed by atoms with Crippen molar-refractivity contribution in [1.82, 2.24) is 0 Å². The van der Waals surface area contributed by atoms with E-state index in [2.05, 4.69) is 4.89 Å². The third kappa shape index (κ3) is 12.5. The number of aliphatic hydroxyl groups excluding tert-OH is 2. The summed E-state index contributed by atoms with van der Waals surface area (Å²) in [6, 6.07) is 0. The third-order valence-corrected chi connectivity index (χ3v) is 4.89. The Balaban J connectivity index is 4.09. The molecule has 0 aliphatic rings. The number of hydrogen-bond acceptors (Lipinski definition) is 7. The fourth-order valence-electron chi connectivity index (χ4n) is 1.30. The Kier molecular flexibility index (Phi) is 9.40. The minimum atomic E-state index is -1.65. The summed E-state index contributed by atoms with van der Waals surface area (Å²) in [4.78, 5) is 27.7. The SMILES string of the molecule is CC(C)(C)[SiH2]OCC(O)C(=O)CC(O)C(=O)OO[SiH2]C(C)(C)C. The second-order valence-corrected chi connectivity index (χ2v) is 13.5. The number of rotatable bonds is 9. The summed E-state index contributed by atoms with van der Waals surface area (Å²) in [5.74, 6) is -1.68. The maximum absolute atomic E-state index is 11.7. The second-order valence-electron chi connectivity index (χ2n) is 8.00. The molecule has 0 radical (unpaired) electrons. The van der Waals surface area contributed by atoms with Gasteiger partial charge in [0.2, 0.25) is 9.76 Å². The summed E-state index contributed by atoms with van der Waals surface area (Å²) < 4.78 is 10.2. The van der Waals surface area contributed by atoms with Gasteiger partial charge < -0.3 is 19.5 Å². The van der Waals surface area contributed by atoms with Gasteiger partial charge in [-0.15, -0.1) is 0 Å². The smallest absolute Gasteiger partial charge is 0.369 e. The molecule has 0 aromatic rings. The fourth-order valence-corrected chi connectivity index (χ4v) is 2.78. The van der Waals surface area contributed by atoms with Gasteiger partial charge in [0, 0.05) is 6.42 Å². The molecule has 0 amide bonds. The lowest BCUT2D eigenvalue weighted by molar-refractivity contribution is -0.225. The van der Waals surface area contributed by atoms with Crippen molar-refractivity contribution in [1.29, 1.82) is 0 Å². The van der Waals surface area contributed by atoms with Crippen molar-refractivity contribution in [3.63, 3.8) is 0 Å². The summed E-state index contributed by atoms with van der Waals surface area (Å²) in [5.41, 5.74) is 0. The highest BCUT2D eigenvalue weighted by atomic mass is 28.2. The molecular weight excluding hydrogens is 336 g/mol. The Morgan fingerprint density at radius 1 is 0.957 bits per heavy atom. The first-order valence-electron chi connectivity index (χ1n) is 7.62. The molecule has 0 aliphatic heterocycles. The van der Waals surface area contributed by atoms with E-state index in [-0.39, 0.29) is 16.7 Å². The fraction of sp³-hybridized carbons (Fsp3) is 0.857. The summed E-state index contributed by atoms with van der Waals surface area (Å²) in [6.07, 6.45) is -3.52. The Bertz CT molecular complexity index is 388. The molecule has 0 saturated carbocycles. The molecule has 9 heteroatoms. The van der Waals surface area contributed by atoms with Crippen LogP contribution in [0.15, 0.2) is 0 Å². The van der Waals surface area contributed by atoms with Crippen LogP contribution in [0.1, 0.15) is 48.0 Å². The average molecular weight is 367 g/mol. The molecule has 7 nitrogen and oxygen atoms in total. The standard InChI is InChI=1S/C14H30O7Si2/c1-13(2,3)22-19-8-11(17)9(15)7-10(16)12(18)20-21-23-14(4,5)6/h10-11,16-17H,7-8,22-23H2,1-6H3. The van der Waals surface area contributed by atoms with Gasteiger partial charge in [-0.2, -0.15) is 0 Å². The molecule has 0 spiro atoms. The van der Waals surface area contributed by atoms with Crippen LogP contribution >= 0.6 is 0 Å². The van der Waals surface area contributed by atoms with Gasteiger partial charge in [-0.3, -0.25) is 4.79 Å². The molecule has 0 aromatic carbocycles. The number of aliphatic hydroxyl groups is 2. The first-order chi connectivity index (χ1) is 10.3. The van der Waals surface area contributed by atoms with Gasteiger partial charge in [0.05, 0.1) is 6.61 Å². The lowest BCUT2D eigenvalue weighted by Crippen LogP contribution is -2.34. The minimum Gasteiger partial charge on any atom is -0.420 e. The van der Waals surface area contributed by atoms with Gasteiger partial charge in [0.15, 0.2) is 21.7 Å². The van der Waals surface area contributed by atoms with Gasteiger partial charge in [-0.05, 0) is 10.1 Å². The van der Waals surface area contributed by atoms with Crippen LogP contribution in [0.25, 0.3) is 0 Å². The molecule has 2 atom stereocenters. The van der Waals surface area contributed by atoms with Crippen molar-refractivity contribution in [2.45, 2.75) is 70.2 Å². The van der Waals surface area contributed by atoms with Crippen LogP contribution in [0, 0.1) is 0 Å². The van der Waals surface area contributed by atoms with Crippen LogP contribution in [0.3, 0.4) is 0 Å². The van der Waals surface area contributed by atoms with E-state index in [9.17, 15) is 19.8 Å². The van der Waals surface area contributed by atoms with Crippen LogP contribution in [0.4, 0.5) is 0 Å². The maximum atomic E-state index is 11.7. The summed E-state index contributed by atoms with van der Waals surface area (Å²) >= 11 is 0. The minimum absolute atomic E-state index is 0.0559. The first kappa shape index (κ1) is 22.4. The zero-order valence-corrected chi connectivity index (χ0v) is 17.7.